The van der Waals surface area contributed by atoms with Crippen LogP contribution < -0.4 is 5.32 Å². The summed E-state index contributed by atoms with van der Waals surface area (Å²) in [5, 5.41) is 12.8. The molecule has 0 amide bonds. The first-order valence-corrected chi connectivity index (χ1v) is 8.30. The fraction of sp³-hybridized carbons (Fsp3) is 1.00. The molecule has 1 fully saturated rings. The number of likely N-dealkylation sites (N-methyl/N-ethyl adjacent to an activating group) is 1. The maximum Gasteiger partial charge on any atom is 0.0558 e. The Labute approximate surface area is 119 Å². The van der Waals surface area contributed by atoms with Gasteiger partial charge in [0.15, 0.2) is 0 Å². The van der Waals surface area contributed by atoms with E-state index in [9.17, 15) is 5.11 Å². The third kappa shape index (κ3) is 6.24. The van der Waals surface area contributed by atoms with Crippen LogP contribution in [0.1, 0.15) is 58.8 Å². The molecule has 0 aromatic rings. The van der Waals surface area contributed by atoms with Crippen LogP contribution >= 0.6 is 0 Å². The van der Waals surface area contributed by atoms with Gasteiger partial charge in [-0.1, -0.05) is 39.5 Å². The summed E-state index contributed by atoms with van der Waals surface area (Å²) < 4.78 is 0. The molecule has 19 heavy (non-hydrogen) atoms. The topological polar surface area (TPSA) is 35.5 Å². The molecule has 0 spiro atoms. The molecule has 0 saturated heterocycles. The minimum atomic E-state index is 0.284. The van der Waals surface area contributed by atoms with Crippen molar-refractivity contribution in [2.45, 2.75) is 58.8 Å². The predicted molar refractivity (Wildman–Crippen MR) is 82.5 cm³/mol. The maximum absolute atomic E-state index is 9.19. The minimum absolute atomic E-state index is 0.284. The lowest BCUT2D eigenvalue weighted by atomic mass is 9.79. The summed E-state index contributed by atoms with van der Waals surface area (Å²) in [5.41, 5.74) is 0.441. The zero-order valence-corrected chi connectivity index (χ0v) is 13.1. The largest absolute Gasteiger partial charge is 0.395 e. The van der Waals surface area contributed by atoms with Gasteiger partial charge in [-0.2, -0.15) is 0 Å². The second-order valence-corrected chi connectivity index (χ2v) is 6.18. The van der Waals surface area contributed by atoms with E-state index < -0.39 is 0 Å². The van der Waals surface area contributed by atoms with Gasteiger partial charge in [0.1, 0.15) is 0 Å². The fourth-order valence-electron chi connectivity index (χ4n) is 3.36. The molecule has 114 valence electrons. The van der Waals surface area contributed by atoms with Crippen molar-refractivity contribution >= 4 is 0 Å². The quantitative estimate of drug-likeness (QED) is 0.499. The van der Waals surface area contributed by atoms with Crippen LogP contribution in [0.2, 0.25) is 0 Å². The van der Waals surface area contributed by atoms with Crippen molar-refractivity contribution in [3.8, 4) is 0 Å². The molecule has 1 aliphatic rings. The van der Waals surface area contributed by atoms with Gasteiger partial charge in [0.2, 0.25) is 0 Å². The number of nitrogens with zero attached hydrogens (tertiary/aromatic N) is 1. The van der Waals surface area contributed by atoms with Crippen molar-refractivity contribution in [3.05, 3.63) is 0 Å². The molecule has 0 radical (unpaired) electrons. The van der Waals surface area contributed by atoms with E-state index in [-0.39, 0.29) is 6.61 Å². The zero-order chi connectivity index (χ0) is 14.0. The summed E-state index contributed by atoms with van der Waals surface area (Å²) in [4.78, 5) is 2.43. The van der Waals surface area contributed by atoms with Crippen LogP contribution in [0.15, 0.2) is 0 Å². The molecule has 0 heterocycles. The first-order valence-electron chi connectivity index (χ1n) is 8.30. The van der Waals surface area contributed by atoms with Gasteiger partial charge < -0.3 is 15.3 Å². The number of rotatable bonds is 9. The maximum atomic E-state index is 9.19. The lowest BCUT2D eigenvalue weighted by molar-refractivity contribution is 0.112. The number of aliphatic hydroxyl groups excluding tert-OH is 1. The van der Waals surface area contributed by atoms with E-state index in [4.69, 9.17) is 0 Å². The third-order valence-corrected chi connectivity index (χ3v) is 4.51. The molecule has 1 aliphatic carbocycles. The molecule has 3 heteroatoms. The van der Waals surface area contributed by atoms with Gasteiger partial charge >= 0.3 is 0 Å². The first-order chi connectivity index (χ1) is 9.26. The standard InChI is InChI=1S/C16H34N2O/c1-3-11-17-14-16(9-7-5-6-8-10-16)15-18(4-2)12-13-19/h17,19H,3-15H2,1-2H3. The van der Waals surface area contributed by atoms with E-state index in [0.717, 1.165) is 32.7 Å². The normalized spacial score (nSPS) is 19.6. The van der Waals surface area contributed by atoms with Gasteiger partial charge in [-0.3, -0.25) is 0 Å². The molecule has 2 N–H and O–H groups in total. The Bertz CT molecular complexity index is 213. The highest BCUT2D eigenvalue weighted by molar-refractivity contribution is 4.86. The predicted octanol–water partition coefficient (Wildman–Crippen LogP) is 2.64. The lowest BCUT2D eigenvalue weighted by Gasteiger charge is -2.38. The van der Waals surface area contributed by atoms with Crippen molar-refractivity contribution in [1.82, 2.24) is 10.2 Å². The summed E-state index contributed by atoms with van der Waals surface area (Å²) in [6.07, 6.45) is 9.49. The van der Waals surface area contributed by atoms with Crippen LogP contribution in [0.25, 0.3) is 0 Å². The third-order valence-electron chi connectivity index (χ3n) is 4.51. The van der Waals surface area contributed by atoms with Gasteiger partial charge in [-0.25, -0.2) is 0 Å². The Morgan fingerprint density at radius 1 is 1.11 bits per heavy atom. The molecule has 0 aromatic carbocycles. The second kappa shape index (κ2) is 9.73. The van der Waals surface area contributed by atoms with Crippen molar-refractivity contribution in [1.29, 1.82) is 0 Å². The lowest BCUT2D eigenvalue weighted by Crippen LogP contribution is -2.45. The van der Waals surface area contributed by atoms with Gasteiger partial charge in [0.25, 0.3) is 0 Å². The highest BCUT2D eigenvalue weighted by Crippen LogP contribution is 2.35. The Kier molecular flexibility index (Phi) is 8.67. The molecule has 0 unspecified atom stereocenters. The van der Waals surface area contributed by atoms with Crippen molar-refractivity contribution in [2.24, 2.45) is 5.41 Å². The van der Waals surface area contributed by atoms with Crippen molar-refractivity contribution in [3.63, 3.8) is 0 Å². The monoisotopic (exact) mass is 270 g/mol. The Balaban J connectivity index is 2.60. The van der Waals surface area contributed by atoms with E-state index in [1.54, 1.807) is 0 Å². The minimum Gasteiger partial charge on any atom is -0.395 e. The number of hydrogen-bond acceptors (Lipinski definition) is 3. The smallest absolute Gasteiger partial charge is 0.0558 e. The summed E-state index contributed by atoms with van der Waals surface area (Å²) in [7, 11) is 0. The zero-order valence-electron chi connectivity index (χ0n) is 13.1. The van der Waals surface area contributed by atoms with Gasteiger partial charge in [-0.05, 0) is 37.8 Å². The molecule has 0 aliphatic heterocycles. The Morgan fingerprint density at radius 3 is 2.32 bits per heavy atom. The van der Waals surface area contributed by atoms with Crippen molar-refractivity contribution in [2.75, 3.05) is 39.3 Å². The van der Waals surface area contributed by atoms with Gasteiger partial charge in [-0.15, -0.1) is 0 Å². The van der Waals surface area contributed by atoms with Crippen LogP contribution in [-0.2, 0) is 0 Å². The highest BCUT2D eigenvalue weighted by Gasteiger charge is 2.32. The molecular weight excluding hydrogens is 236 g/mol. The fourth-order valence-corrected chi connectivity index (χ4v) is 3.36. The summed E-state index contributed by atoms with van der Waals surface area (Å²) >= 11 is 0. The molecule has 1 rings (SSSR count). The van der Waals surface area contributed by atoms with E-state index >= 15 is 0 Å². The van der Waals surface area contributed by atoms with Gasteiger partial charge in [0.05, 0.1) is 6.61 Å². The first kappa shape index (κ1) is 16.9. The second-order valence-electron chi connectivity index (χ2n) is 6.18. The average molecular weight is 270 g/mol. The van der Waals surface area contributed by atoms with E-state index in [1.165, 1.54) is 44.9 Å². The molecular formula is C16H34N2O. The van der Waals surface area contributed by atoms with E-state index in [0.29, 0.717) is 5.41 Å². The number of aliphatic hydroxyl groups is 1. The molecule has 0 atom stereocenters. The number of hydrogen-bond donors (Lipinski definition) is 2. The van der Waals surface area contributed by atoms with Crippen LogP contribution in [-0.4, -0.2) is 49.3 Å². The molecule has 3 nitrogen and oxygen atoms in total. The highest BCUT2D eigenvalue weighted by atomic mass is 16.3. The molecule has 0 aromatic heterocycles. The molecule has 1 saturated carbocycles. The van der Waals surface area contributed by atoms with Crippen LogP contribution in [0, 0.1) is 5.41 Å². The number of nitrogens with one attached hydrogen (secondary N) is 1. The van der Waals surface area contributed by atoms with Crippen LogP contribution in [0.4, 0.5) is 0 Å². The SMILES string of the molecule is CCCNCC1(CN(CC)CCO)CCCCCC1. The van der Waals surface area contributed by atoms with E-state index in [2.05, 4.69) is 24.1 Å². The van der Waals surface area contributed by atoms with Crippen LogP contribution in [0.3, 0.4) is 0 Å². The van der Waals surface area contributed by atoms with Crippen molar-refractivity contribution < 1.29 is 5.11 Å². The van der Waals surface area contributed by atoms with E-state index in [1.807, 2.05) is 0 Å². The summed E-state index contributed by atoms with van der Waals surface area (Å²) in [5.74, 6) is 0. The van der Waals surface area contributed by atoms with Crippen LogP contribution in [0.5, 0.6) is 0 Å². The summed E-state index contributed by atoms with van der Waals surface area (Å²) in [6, 6.07) is 0. The van der Waals surface area contributed by atoms with Gasteiger partial charge in [0, 0.05) is 19.6 Å². The summed E-state index contributed by atoms with van der Waals surface area (Å²) in [6.45, 7) is 10.0. The Morgan fingerprint density at radius 2 is 1.79 bits per heavy atom. The average Bonchev–Trinajstić information content (AvgIpc) is 2.65. The molecule has 0 bridgehead atoms. The Hall–Kier alpha value is -0.120.